The first kappa shape index (κ1) is 18.9. The molecule has 0 amide bonds. The molecule has 1 aliphatic heterocycles. The van der Waals surface area contributed by atoms with Crippen LogP contribution in [0.15, 0.2) is 42.9 Å². The number of piperazine rings is 1. The number of rotatable bonds is 6. The van der Waals surface area contributed by atoms with E-state index in [2.05, 4.69) is 24.8 Å². The van der Waals surface area contributed by atoms with Crippen LogP contribution < -0.4 is 4.90 Å². The number of ether oxygens (including phenoxy) is 1. The topological polar surface area (TPSA) is 70.2 Å². The van der Waals surface area contributed by atoms with Crippen LogP contribution in [0.25, 0.3) is 22.6 Å². The van der Waals surface area contributed by atoms with Crippen molar-refractivity contribution in [3.05, 3.63) is 47.9 Å². The first-order valence-electron chi connectivity index (χ1n) is 9.33. The summed E-state index contributed by atoms with van der Waals surface area (Å²) in [5.41, 5.74) is 2.70. The molecule has 1 aromatic carbocycles. The molecule has 3 heterocycles. The van der Waals surface area contributed by atoms with Crippen molar-refractivity contribution in [3.8, 4) is 22.6 Å². The number of aromatic amines is 1. The summed E-state index contributed by atoms with van der Waals surface area (Å²) in [7, 11) is 1.74. The van der Waals surface area contributed by atoms with Crippen LogP contribution in [0.2, 0.25) is 5.02 Å². The van der Waals surface area contributed by atoms with Crippen molar-refractivity contribution in [3.63, 3.8) is 0 Å². The molecule has 1 aliphatic rings. The molecule has 0 unspecified atom stereocenters. The van der Waals surface area contributed by atoms with E-state index in [1.807, 2.05) is 30.5 Å². The van der Waals surface area contributed by atoms with Gasteiger partial charge in [-0.1, -0.05) is 23.7 Å². The number of methoxy groups -OCH3 is 1. The Balaban J connectivity index is 1.62. The highest BCUT2D eigenvalue weighted by molar-refractivity contribution is 6.30. The van der Waals surface area contributed by atoms with E-state index in [1.165, 1.54) is 0 Å². The van der Waals surface area contributed by atoms with Gasteiger partial charge in [0.05, 0.1) is 17.9 Å². The Morgan fingerprint density at radius 3 is 2.57 bits per heavy atom. The van der Waals surface area contributed by atoms with Gasteiger partial charge in [-0.15, -0.1) is 0 Å². The molecule has 0 saturated carbocycles. The van der Waals surface area contributed by atoms with Crippen molar-refractivity contribution < 1.29 is 4.74 Å². The summed E-state index contributed by atoms with van der Waals surface area (Å²) in [4.78, 5) is 21.7. The van der Waals surface area contributed by atoms with Gasteiger partial charge in [0.2, 0.25) is 5.95 Å². The first-order chi connectivity index (χ1) is 13.7. The number of halogens is 1. The van der Waals surface area contributed by atoms with Gasteiger partial charge >= 0.3 is 0 Å². The van der Waals surface area contributed by atoms with Crippen molar-refractivity contribution in [2.24, 2.45) is 0 Å². The zero-order chi connectivity index (χ0) is 19.3. The summed E-state index contributed by atoms with van der Waals surface area (Å²) in [5.74, 6) is 1.49. The van der Waals surface area contributed by atoms with Gasteiger partial charge in [0.15, 0.2) is 0 Å². The second-order valence-electron chi connectivity index (χ2n) is 6.70. The van der Waals surface area contributed by atoms with E-state index < -0.39 is 0 Å². The Labute approximate surface area is 169 Å². The molecule has 0 radical (unpaired) electrons. The number of anilines is 1. The Morgan fingerprint density at radius 2 is 1.89 bits per heavy atom. The number of imidazole rings is 1. The third kappa shape index (κ3) is 4.16. The molecule has 7 nitrogen and oxygen atoms in total. The van der Waals surface area contributed by atoms with E-state index in [4.69, 9.17) is 21.3 Å². The van der Waals surface area contributed by atoms with Crippen LogP contribution >= 0.6 is 11.6 Å². The number of H-pyrrole nitrogens is 1. The van der Waals surface area contributed by atoms with Gasteiger partial charge < -0.3 is 14.6 Å². The zero-order valence-electron chi connectivity index (χ0n) is 15.8. The van der Waals surface area contributed by atoms with Crippen LogP contribution in [0, 0.1) is 0 Å². The number of nitrogens with zero attached hydrogens (tertiary/aromatic N) is 5. The molecule has 28 heavy (non-hydrogen) atoms. The van der Waals surface area contributed by atoms with Crippen LogP contribution in [0.5, 0.6) is 0 Å². The Hall–Kier alpha value is -2.48. The molecule has 0 bridgehead atoms. The molecule has 1 fully saturated rings. The number of hydrogen-bond acceptors (Lipinski definition) is 6. The maximum absolute atomic E-state index is 6.07. The lowest BCUT2D eigenvalue weighted by Crippen LogP contribution is -2.47. The molecule has 2 aromatic heterocycles. The van der Waals surface area contributed by atoms with Gasteiger partial charge in [-0.2, -0.15) is 0 Å². The summed E-state index contributed by atoms with van der Waals surface area (Å²) in [6.45, 7) is 5.45. The molecule has 1 saturated heterocycles. The lowest BCUT2D eigenvalue weighted by molar-refractivity contribution is 0.143. The number of benzene rings is 1. The van der Waals surface area contributed by atoms with Crippen molar-refractivity contribution in [1.82, 2.24) is 24.8 Å². The van der Waals surface area contributed by atoms with Crippen molar-refractivity contribution in [1.29, 1.82) is 0 Å². The molecule has 0 spiro atoms. The molecule has 8 heteroatoms. The second kappa shape index (κ2) is 8.68. The highest BCUT2D eigenvalue weighted by Gasteiger charge is 2.21. The third-order valence-corrected chi connectivity index (χ3v) is 5.17. The lowest BCUT2D eigenvalue weighted by Gasteiger charge is -2.34. The Kier molecular flexibility index (Phi) is 5.85. The van der Waals surface area contributed by atoms with Crippen LogP contribution in [0.1, 0.15) is 0 Å². The molecule has 146 valence electrons. The molecular formula is C20H23ClN6O. The summed E-state index contributed by atoms with van der Waals surface area (Å²) >= 11 is 6.07. The Bertz CT molecular complexity index is 892. The molecule has 3 aromatic rings. The van der Waals surface area contributed by atoms with E-state index in [1.54, 1.807) is 19.5 Å². The van der Waals surface area contributed by atoms with Gasteiger partial charge in [0.25, 0.3) is 0 Å². The molecule has 1 N–H and O–H groups in total. The minimum Gasteiger partial charge on any atom is -0.383 e. The van der Waals surface area contributed by atoms with Crippen LogP contribution in [0.4, 0.5) is 5.95 Å². The summed E-state index contributed by atoms with van der Waals surface area (Å²) in [6, 6.07) is 7.70. The number of aromatic nitrogens is 4. The summed E-state index contributed by atoms with van der Waals surface area (Å²) < 4.78 is 5.18. The fraction of sp³-hybridized carbons (Fsp3) is 0.350. The fourth-order valence-corrected chi connectivity index (χ4v) is 3.46. The maximum atomic E-state index is 6.07. The minimum atomic E-state index is 0.699. The maximum Gasteiger partial charge on any atom is 0.225 e. The lowest BCUT2D eigenvalue weighted by atomic mass is 10.1. The second-order valence-corrected chi connectivity index (χ2v) is 7.13. The number of nitrogens with one attached hydrogen (secondary N) is 1. The quantitative estimate of drug-likeness (QED) is 0.688. The highest BCUT2D eigenvalue weighted by atomic mass is 35.5. The van der Waals surface area contributed by atoms with Crippen molar-refractivity contribution >= 4 is 17.5 Å². The predicted molar refractivity (Wildman–Crippen MR) is 111 cm³/mol. The predicted octanol–water partition coefficient (Wildman–Crippen LogP) is 2.96. The van der Waals surface area contributed by atoms with Gasteiger partial charge in [-0.25, -0.2) is 15.0 Å². The van der Waals surface area contributed by atoms with Crippen molar-refractivity contribution in [2.45, 2.75) is 0 Å². The van der Waals surface area contributed by atoms with E-state index in [0.717, 1.165) is 67.9 Å². The fourth-order valence-electron chi connectivity index (χ4n) is 3.33. The molecule has 4 rings (SSSR count). The average molecular weight is 399 g/mol. The SMILES string of the molecule is COCCN1CCN(c2ncc(-c3ncc[nH]3)c(-c3ccc(Cl)cc3)n2)CC1. The largest absolute Gasteiger partial charge is 0.383 e. The smallest absolute Gasteiger partial charge is 0.225 e. The van der Waals surface area contributed by atoms with E-state index in [-0.39, 0.29) is 0 Å². The van der Waals surface area contributed by atoms with Gasteiger partial charge in [0, 0.05) is 69.0 Å². The monoisotopic (exact) mass is 398 g/mol. The normalized spacial score (nSPS) is 15.1. The number of hydrogen-bond donors (Lipinski definition) is 1. The molecular weight excluding hydrogens is 376 g/mol. The first-order valence-corrected chi connectivity index (χ1v) is 9.71. The van der Waals surface area contributed by atoms with E-state index in [9.17, 15) is 0 Å². The van der Waals surface area contributed by atoms with Gasteiger partial charge in [0.1, 0.15) is 5.82 Å². The van der Waals surface area contributed by atoms with Crippen LogP contribution in [-0.4, -0.2) is 71.3 Å². The molecule has 0 atom stereocenters. The van der Waals surface area contributed by atoms with Crippen molar-refractivity contribution in [2.75, 3.05) is 51.3 Å². The van der Waals surface area contributed by atoms with Crippen LogP contribution in [-0.2, 0) is 4.74 Å². The standard InChI is InChI=1S/C20H23ClN6O/c1-28-13-12-26-8-10-27(11-9-26)20-24-14-17(19-22-6-7-23-19)18(25-20)15-2-4-16(21)5-3-15/h2-7,14H,8-13H2,1H3,(H,22,23). The Morgan fingerprint density at radius 1 is 1.11 bits per heavy atom. The molecule has 0 aliphatic carbocycles. The van der Waals surface area contributed by atoms with Gasteiger partial charge in [-0.3, -0.25) is 4.90 Å². The van der Waals surface area contributed by atoms with Gasteiger partial charge in [-0.05, 0) is 12.1 Å². The average Bonchev–Trinajstić information content (AvgIpc) is 3.27. The van der Waals surface area contributed by atoms with Crippen LogP contribution in [0.3, 0.4) is 0 Å². The van der Waals surface area contributed by atoms with E-state index in [0.29, 0.717) is 5.02 Å². The summed E-state index contributed by atoms with van der Waals surface area (Å²) in [6.07, 6.45) is 5.38. The third-order valence-electron chi connectivity index (χ3n) is 4.91. The minimum absolute atomic E-state index is 0.699. The zero-order valence-corrected chi connectivity index (χ0v) is 16.6. The highest BCUT2D eigenvalue weighted by Crippen LogP contribution is 2.30. The summed E-state index contributed by atoms with van der Waals surface area (Å²) in [5, 5.41) is 0.699. The van der Waals surface area contributed by atoms with E-state index >= 15 is 0 Å².